The van der Waals surface area contributed by atoms with Crippen molar-refractivity contribution in [3.63, 3.8) is 0 Å². The van der Waals surface area contributed by atoms with E-state index < -0.39 is 17.4 Å². The van der Waals surface area contributed by atoms with E-state index in [1.165, 1.54) is 6.92 Å². The van der Waals surface area contributed by atoms with Crippen LogP contribution in [0.4, 0.5) is 24.7 Å². The maximum absolute atomic E-state index is 12.3. The van der Waals surface area contributed by atoms with E-state index in [0.717, 1.165) is 6.20 Å². The lowest BCUT2D eigenvalue weighted by Crippen LogP contribution is -2.13. The number of hydrogen-bond acceptors (Lipinski definition) is 3. The average molecular weight is 191 g/mol. The molecule has 1 rings (SSSR count). The molecule has 0 spiro atoms. The fourth-order valence-corrected chi connectivity index (χ4v) is 1.02. The van der Waals surface area contributed by atoms with Crippen LogP contribution < -0.4 is 11.5 Å². The van der Waals surface area contributed by atoms with Gasteiger partial charge in [0.1, 0.15) is 5.82 Å². The Morgan fingerprint density at radius 1 is 1.31 bits per heavy atom. The highest BCUT2D eigenvalue weighted by Crippen LogP contribution is 2.37. The molecule has 1 aromatic heterocycles. The van der Waals surface area contributed by atoms with E-state index >= 15 is 0 Å². The van der Waals surface area contributed by atoms with Crippen molar-refractivity contribution in [3.05, 3.63) is 17.3 Å². The maximum Gasteiger partial charge on any atom is 0.418 e. The van der Waals surface area contributed by atoms with Gasteiger partial charge >= 0.3 is 6.18 Å². The summed E-state index contributed by atoms with van der Waals surface area (Å²) in [6.45, 7) is 1.28. The van der Waals surface area contributed by atoms with Crippen LogP contribution in [0, 0.1) is 6.92 Å². The molecule has 0 aromatic carbocycles. The highest BCUT2D eigenvalue weighted by atomic mass is 19.4. The van der Waals surface area contributed by atoms with Crippen LogP contribution in [0.2, 0.25) is 0 Å². The molecule has 0 aliphatic heterocycles. The third-order valence-electron chi connectivity index (χ3n) is 1.62. The lowest BCUT2D eigenvalue weighted by molar-refractivity contribution is -0.137. The van der Waals surface area contributed by atoms with E-state index in [2.05, 4.69) is 4.98 Å². The van der Waals surface area contributed by atoms with Crippen LogP contribution in [0.3, 0.4) is 0 Å². The quantitative estimate of drug-likeness (QED) is 0.654. The van der Waals surface area contributed by atoms with Crippen molar-refractivity contribution in [2.24, 2.45) is 0 Å². The number of alkyl halides is 3. The van der Waals surface area contributed by atoms with Gasteiger partial charge in [0.05, 0.1) is 11.3 Å². The molecule has 1 heterocycles. The van der Waals surface area contributed by atoms with Crippen LogP contribution in [0.1, 0.15) is 11.1 Å². The molecule has 3 nitrogen and oxygen atoms in total. The zero-order valence-corrected chi connectivity index (χ0v) is 6.81. The number of hydrogen-bond donors (Lipinski definition) is 2. The normalized spacial score (nSPS) is 11.7. The fraction of sp³-hybridized carbons (Fsp3) is 0.286. The maximum atomic E-state index is 12.3. The van der Waals surface area contributed by atoms with Gasteiger partial charge in [0.25, 0.3) is 0 Å². The first-order valence-corrected chi connectivity index (χ1v) is 3.41. The first-order valence-electron chi connectivity index (χ1n) is 3.41. The Labute approximate surface area is 72.6 Å². The van der Waals surface area contributed by atoms with Crippen LogP contribution in [0.25, 0.3) is 0 Å². The van der Waals surface area contributed by atoms with E-state index in [-0.39, 0.29) is 11.4 Å². The average Bonchev–Trinajstić information content (AvgIpc) is 1.95. The number of aromatic nitrogens is 1. The number of aryl methyl sites for hydroxylation is 1. The first-order chi connectivity index (χ1) is 5.84. The Kier molecular flexibility index (Phi) is 2.07. The molecule has 0 atom stereocenters. The molecule has 72 valence electrons. The Hall–Kier alpha value is -1.46. The van der Waals surface area contributed by atoms with Gasteiger partial charge in [-0.25, -0.2) is 4.98 Å². The molecular formula is C7H8F3N3. The van der Waals surface area contributed by atoms with Crippen LogP contribution in [0.5, 0.6) is 0 Å². The Bertz CT molecular complexity index is 332. The molecule has 0 saturated heterocycles. The summed E-state index contributed by atoms with van der Waals surface area (Å²) in [7, 11) is 0. The van der Waals surface area contributed by atoms with Crippen LogP contribution in [-0.2, 0) is 6.18 Å². The Balaban J connectivity index is 3.43. The molecule has 13 heavy (non-hydrogen) atoms. The Morgan fingerprint density at radius 3 is 2.23 bits per heavy atom. The largest absolute Gasteiger partial charge is 0.418 e. The van der Waals surface area contributed by atoms with E-state index in [0.29, 0.717) is 0 Å². The number of nitrogen functional groups attached to an aromatic ring is 2. The van der Waals surface area contributed by atoms with Gasteiger partial charge in [0.2, 0.25) is 0 Å². The van der Waals surface area contributed by atoms with Gasteiger partial charge in [0, 0.05) is 6.20 Å². The highest BCUT2D eigenvalue weighted by Gasteiger charge is 2.35. The van der Waals surface area contributed by atoms with Crippen molar-refractivity contribution in [1.29, 1.82) is 0 Å². The van der Waals surface area contributed by atoms with Crippen LogP contribution in [-0.4, -0.2) is 4.98 Å². The SMILES string of the molecule is Cc1cnc(N)c(N)c1C(F)(F)F. The molecule has 0 fully saturated rings. The molecule has 4 N–H and O–H groups in total. The first kappa shape index (κ1) is 9.63. The van der Waals surface area contributed by atoms with E-state index in [9.17, 15) is 13.2 Å². The van der Waals surface area contributed by atoms with Crippen molar-refractivity contribution in [3.8, 4) is 0 Å². The second-order valence-electron chi connectivity index (χ2n) is 2.61. The summed E-state index contributed by atoms with van der Waals surface area (Å²) in [5.74, 6) is -0.294. The molecule has 0 aliphatic rings. The summed E-state index contributed by atoms with van der Waals surface area (Å²) in [6.07, 6.45) is -3.43. The van der Waals surface area contributed by atoms with Crippen molar-refractivity contribution in [2.75, 3.05) is 11.5 Å². The highest BCUT2D eigenvalue weighted by molar-refractivity contribution is 5.65. The predicted octanol–water partition coefficient (Wildman–Crippen LogP) is 1.57. The number of pyridine rings is 1. The second kappa shape index (κ2) is 2.79. The van der Waals surface area contributed by atoms with Crippen molar-refractivity contribution in [2.45, 2.75) is 13.1 Å². The van der Waals surface area contributed by atoms with Gasteiger partial charge in [-0.05, 0) is 12.5 Å². The molecule has 0 amide bonds. The molecule has 1 aromatic rings. The van der Waals surface area contributed by atoms with Gasteiger partial charge < -0.3 is 11.5 Å². The molecule has 6 heteroatoms. The van der Waals surface area contributed by atoms with Gasteiger partial charge in [-0.3, -0.25) is 0 Å². The zero-order valence-electron chi connectivity index (χ0n) is 6.81. The lowest BCUT2D eigenvalue weighted by Gasteiger charge is -2.13. The van der Waals surface area contributed by atoms with E-state index in [1.807, 2.05) is 0 Å². The van der Waals surface area contributed by atoms with Gasteiger partial charge in [-0.1, -0.05) is 0 Å². The van der Waals surface area contributed by atoms with Crippen LogP contribution >= 0.6 is 0 Å². The number of halogens is 3. The fourth-order valence-electron chi connectivity index (χ4n) is 1.02. The minimum absolute atomic E-state index is 0.0285. The zero-order chi connectivity index (χ0) is 10.2. The van der Waals surface area contributed by atoms with Crippen molar-refractivity contribution < 1.29 is 13.2 Å². The van der Waals surface area contributed by atoms with Gasteiger partial charge in [-0.2, -0.15) is 13.2 Å². The summed E-state index contributed by atoms with van der Waals surface area (Å²) in [5.41, 5.74) is 8.87. The second-order valence-corrected chi connectivity index (χ2v) is 2.61. The summed E-state index contributed by atoms with van der Waals surface area (Å²) in [4.78, 5) is 3.51. The van der Waals surface area contributed by atoms with Gasteiger partial charge in [0.15, 0.2) is 0 Å². The molecule has 0 unspecified atom stereocenters. The number of nitrogens with two attached hydrogens (primary N) is 2. The minimum atomic E-state index is -4.48. The number of nitrogens with zero attached hydrogens (tertiary/aromatic N) is 1. The third-order valence-corrected chi connectivity index (χ3v) is 1.62. The monoisotopic (exact) mass is 191 g/mol. The number of rotatable bonds is 0. The van der Waals surface area contributed by atoms with E-state index in [4.69, 9.17) is 11.5 Å². The summed E-state index contributed by atoms with van der Waals surface area (Å²) < 4.78 is 37.0. The van der Waals surface area contributed by atoms with E-state index in [1.54, 1.807) is 0 Å². The van der Waals surface area contributed by atoms with Crippen molar-refractivity contribution in [1.82, 2.24) is 4.98 Å². The molecule has 0 aliphatic carbocycles. The Morgan fingerprint density at radius 2 is 1.85 bits per heavy atom. The molecular weight excluding hydrogens is 183 g/mol. The summed E-state index contributed by atoms with van der Waals surface area (Å²) in [5, 5.41) is 0. The minimum Gasteiger partial charge on any atom is -0.395 e. The third kappa shape index (κ3) is 1.66. The van der Waals surface area contributed by atoms with Crippen molar-refractivity contribution >= 4 is 11.5 Å². The molecule has 0 saturated carbocycles. The molecule has 0 radical (unpaired) electrons. The summed E-state index contributed by atoms with van der Waals surface area (Å²) in [6, 6.07) is 0. The lowest BCUT2D eigenvalue weighted by atomic mass is 10.1. The topological polar surface area (TPSA) is 64.9 Å². The van der Waals surface area contributed by atoms with Crippen LogP contribution in [0.15, 0.2) is 6.20 Å². The number of anilines is 2. The predicted molar refractivity (Wildman–Crippen MR) is 42.8 cm³/mol. The standard InChI is InChI=1S/C7H8F3N3/c1-3-2-13-6(12)5(11)4(3)7(8,9)10/h2H,11H2,1H3,(H2,12,13). The van der Waals surface area contributed by atoms with Gasteiger partial charge in [-0.15, -0.1) is 0 Å². The smallest absolute Gasteiger partial charge is 0.395 e. The molecule has 0 bridgehead atoms. The summed E-state index contributed by atoms with van der Waals surface area (Å²) >= 11 is 0.